The van der Waals surface area contributed by atoms with Crippen LogP contribution in [0.4, 0.5) is 0 Å². The van der Waals surface area contributed by atoms with Crippen LogP contribution in [0.25, 0.3) is 21.5 Å². The summed E-state index contributed by atoms with van der Waals surface area (Å²) in [5.74, 6) is 0. The summed E-state index contributed by atoms with van der Waals surface area (Å²) < 4.78 is 0. The lowest BCUT2D eigenvalue weighted by atomic mass is 10.0. The molecular formula is C16H18. The average molecular weight is 210 g/mol. The number of rotatable bonds is 0. The van der Waals surface area contributed by atoms with Gasteiger partial charge in [0.1, 0.15) is 0 Å². The molecule has 3 aromatic carbocycles. The molecule has 0 atom stereocenters. The van der Waals surface area contributed by atoms with Gasteiger partial charge in [-0.1, -0.05) is 63.4 Å². The third kappa shape index (κ3) is 1.92. The van der Waals surface area contributed by atoms with E-state index < -0.39 is 0 Å². The molecule has 0 aliphatic rings. The van der Waals surface area contributed by atoms with Crippen LogP contribution < -0.4 is 0 Å². The van der Waals surface area contributed by atoms with Gasteiger partial charge in [0.2, 0.25) is 0 Å². The largest absolute Gasteiger partial charge is 0.0776 e. The van der Waals surface area contributed by atoms with E-state index in [1.165, 1.54) is 21.5 Å². The fourth-order valence-electron chi connectivity index (χ4n) is 1.88. The molecule has 0 radical (unpaired) electrons. The Kier molecular flexibility index (Phi) is 3.68. The summed E-state index contributed by atoms with van der Waals surface area (Å²) >= 11 is 0. The van der Waals surface area contributed by atoms with Crippen LogP contribution in [0.2, 0.25) is 0 Å². The van der Waals surface area contributed by atoms with Gasteiger partial charge in [0.25, 0.3) is 0 Å². The predicted octanol–water partition coefficient (Wildman–Crippen LogP) is 5.27. The van der Waals surface area contributed by atoms with E-state index in [0.29, 0.717) is 0 Å². The second-order valence-corrected chi connectivity index (χ2v) is 3.55. The minimum absolute atomic E-state index is 0. The van der Waals surface area contributed by atoms with Gasteiger partial charge in [-0.15, -0.1) is 0 Å². The molecule has 0 amide bonds. The standard InChI is InChI=1S/C14H10.2CH4/c1-2-6-12-10-14-8-4-3-7-13(14)9-11(12)5-1;;/h1-10H;2*1H4. The van der Waals surface area contributed by atoms with Crippen molar-refractivity contribution in [3.8, 4) is 0 Å². The first-order valence-corrected chi connectivity index (χ1v) is 4.81. The molecule has 0 heteroatoms. The van der Waals surface area contributed by atoms with Crippen molar-refractivity contribution in [2.24, 2.45) is 0 Å². The van der Waals surface area contributed by atoms with E-state index in [0.717, 1.165) is 0 Å². The van der Waals surface area contributed by atoms with Crippen molar-refractivity contribution in [2.75, 3.05) is 0 Å². The first kappa shape index (κ1) is 12.3. The highest BCUT2D eigenvalue weighted by molar-refractivity contribution is 5.97. The van der Waals surface area contributed by atoms with Crippen LogP contribution in [0.1, 0.15) is 14.9 Å². The van der Waals surface area contributed by atoms with E-state index in [4.69, 9.17) is 0 Å². The quantitative estimate of drug-likeness (QED) is 0.444. The zero-order chi connectivity index (χ0) is 9.38. The molecule has 0 unspecified atom stereocenters. The Balaban J connectivity index is 0.000000640. The summed E-state index contributed by atoms with van der Waals surface area (Å²) in [6.07, 6.45) is 0. The normalized spacial score (nSPS) is 9.50. The summed E-state index contributed by atoms with van der Waals surface area (Å²) in [6.45, 7) is 0. The van der Waals surface area contributed by atoms with Crippen molar-refractivity contribution >= 4 is 21.5 Å². The van der Waals surface area contributed by atoms with Gasteiger partial charge in [-0.2, -0.15) is 0 Å². The highest BCUT2D eigenvalue weighted by Gasteiger charge is 1.95. The summed E-state index contributed by atoms with van der Waals surface area (Å²) in [5, 5.41) is 5.25. The lowest BCUT2D eigenvalue weighted by Gasteiger charge is -2.00. The van der Waals surface area contributed by atoms with Crippen LogP contribution in [0.15, 0.2) is 60.7 Å². The molecule has 82 valence electrons. The maximum Gasteiger partial charge on any atom is -0.0178 e. The van der Waals surface area contributed by atoms with Crippen molar-refractivity contribution in [1.82, 2.24) is 0 Å². The topological polar surface area (TPSA) is 0 Å². The first-order valence-electron chi connectivity index (χ1n) is 4.81. The Bertz CT molecular complexity index is 489. The first-order chi connectivity index (χ1) is 6.93. The number of benzene rings is 3. The van der Waals surface area contributed by atoms with Gasteiger partial charge < -0.3 is 0 Å². The molecule has 0 heterocycles. The van der Waals surface area contributed by atoms with Crippen LogP contribution in [0.3, 0.4) is 0 Å². The molecular weight excluding hydrogens is 192 g/mol. The third-order valence-electron chi connectivity index (χ3n) is 2.61. The smallest absolute Gasteiger partial charge is 0.0178 e. The number of hydrogen-bond acceptors (Lipinski definition) is 0. The lowest BCUT2D eigenvalue weighted by molar-refractivity contribution is 1.76. The van der Waals surface area contributed by atoms with Crippen molar-refractivity contribution in [2.45, 2.75) is 14.9 Å². The Hall–Kier alpha value is -1.82. The van der Waals surface area contributed by atoms with Gasteiger partial charge in [-0.25, -0.2) is 0 Å². The second-order valence-electron chi connectivity index (χ2n) is 3.55. The molecule has 0 N–H and O–H groups in total. The van der Waals surface area contributed by atoms with Crippen molar-refractivity contribution < 1.29 is 0 Å². The molecule has 0 saturated heterocycles. The average Bonchev–Trinajstić information content (AvgIpc) is 2.26. The fraction of sp³-hybridized carbons (Fsp3) is 0.125. The minimum atomic E-state index is 0. The molecule has 3 aromatic rings. The van der Waals surface area contributed by atoms with E-state index in [1.54, 1.807) is 0 Å². The zero-order valence-corrected chi connectivity index (χ0v) is 7.77. The Labute approximate surface area is 97.5 Å². The van der Waals surface area contributed by atoms with Crippen LogP contribution >= 0.6 is 0 Å². The van der Waals surface area contributed by atoms with E-state index in [1.807, 2.05) is 0 Å². The Morgan fingerprint density at radius 2 is 0.688 bits per heavy atom. The van der Waals surface area contributed by atoms with Crippen molar-refractivity contribution in [3.05, 3.63) is 60.7 Å². The molecule has 0 nitrogen and oxygen atoms in total. The summed E-state index contributed by atoms with van der Waals surface area (Å²) in [7, 11) is 0. The molecule has 0 bridgehead atoms. The van der Waals surface area contributed by atoms with Crippen LogP contribution in [0, 0.1) is 0 Å². The van der Waals surface area contributed by atoms with Gasteiger partial charge in [-0.05, 0) is 33.7 Å². The fourth-order valence-corrected chi connectivity index (χ4v) is 1.88. The highest BCUT2D eigenvalue weighted by Crippen LogP contribution is 2.21. The number of hydrogen-bond donors (Lipinski definition) is 0. The summed E-state index contributed by atoms with van der Waals surface area (Å²) in [4.78, 5) is 0. The molecule has 0 aromatic heterocycles. The van der Waals surface area contributed by atoms with E-state index in [9.17, 15) is 0 Å². The molecule has 0 fully saturated rings. The zero-order valence-electron chi connectivity index (χ0n) is 7.77. The maximum atomic E-state index is 2.24. The molecule has 0 aliphatic carbocycles. The van der Waals surface area contributed by atoms with Gasteiger partial charge in [0.15, 0.2) is 0 Å². The van der Waals surface area contributed by atoms with Gasteiger partial charge in [0, 0.05) is 0 Å². The SMILES string of the molecule is C.C.c1ccc2cc3ccccc3cc2c1. The van der Waals surface area contributed by atoms with Crippen LogP contribution in [0.5, 0.6) is 0 Å². The maximum absolute atomic E-state index is 2.24. The summed E-state index contributed by atoms with van der Waals surface area (Å²) in [6, 6.07) is 21.4. The molecule has 0 spiro atoms. The monoisotopic (exact) mass is 210 g/mol. The van der Waals surface area contributed by atoms with E-state index in [2.05, 4.69) is 60.7 Å². The summed E-state index contributed by atoms with van der Waals surface area (Å²) in [5.41, 5.74) is 0. The van der Waals surface area contributed by atoms with Crippen LogP contribution in [-0.2, 0) is 0 Å². The van der Waals surface area contributed by atoms with E-state index in [-0.39, 0.29) is 14.9 Å². The highest BCUT2D eigenvalue weighted by atomic mass is 14.0. The van der Waals surface area contributed by atoms with Gasteiger partial charge in [0.05, 0.1) is 0 Å². The number of fused-ring (bicyclic) bond motifs is 2. The molecule has 0 saturated carbocycles. The van der Waals surface area contributed by atoms with Crippen LogP contribution in [-0.4, -0.2) is 0 Å². The second kappa shape index (κ2) is 4.80. The molecule has 3 rings (SSSR count). The van der Waals surface area contributed by atoms with Crippen molar-refractivity contribution in [1.29, 1.82) is 0 Å². The van der Waals surface area contributed by atoms with Crippen molar-refractivity contribution in [3.63, 3.8) is 0 Å². The van der Waals surface area contributed by atoms with E-state index >= 15 is 0 Å². The van der Waals surface area contributed by atoms with Gasteiger partial charge in [-0.3, -0.25) is 0 Å². The third-order valence-corrected chi connectivity index (χ3v) is 2.61. The molecule has 0 aliphatic heterocycles. The Morgan fingerprint density at radius 3 is 0.938 bits per heavy atom. The lowest BCUT2D eigenvalue weighted by Crippen LogP contribution is -1.74. The predicted molar refractivity (Wildman–Crippen MR) is 74.9 cm³/mol. The molecule has 16 heavy (non-hydrogen) atoms. The minimum Gasteiger partial charge on any atom is -0.0776 e. The Morgan fingerprint density at radius 1 is 0.438 bits per heavy atom. The van der Waals surface area contributed by atoms with Gasteiger partial charge >= 0.3 is 0 Å².